The van der Waals surface area contributed by atoms with Crippen LogP contribution in [-0.4, -0.2) is 53.1 Å². The quantitative estimate of drug-likeness (QED) is 0.390. The molecule has 2 saturated heterocycles. The fourth-order valence-corrected chi connectivity index (χ4v) is 6.10. The molecule has 2 heterocycles. The van der Waals surface area contributed by atoms with Crippen molar-refractivity contribution in [1.29, 1.82) is 0 Å². The zero-order chi connectivity index (χ0) is 26.6. The summed E-state index contributed by atoms with van der Waals surface area (Å²) in [7, 11) is 0. The van der Waals surface area contributed by atoms with E-state index in [1.165, 1.54) is 30.4 Å². The Labute approximate surface area is 224 Å². The highest BCUT2D eigenvalue weighted by Gasteiger charge is 2.35. The van der Waals surface area contributed by atoms with Crippen LogP contribution in [0.5, 0.6) is 0 Å². The predicted octanol–water partition coefficient (Wildman–Crippen LogP) is 6.98. The second-order valence-corrected chi connectivity index (χ2v) is 12.4. The third kappa shape index (κ3) is 6.29. The lowest BCUT2D eigenvalue weighted by molar-refractivity contribution is -0.0371. The Kier molecular flexibility index (Phi) is 8.48. The van der Waals surface area contributed by atoms with E-state index < -0.39 is 0 Å². The van der Waals surface area contributed by atoms with E-state index in [9.17, 15) is 4.79 Å². The van der Waals surface area contributed by atoms with Crippen molar-refractivity contribution < 1.29 is 9.53 Å². The zero-order valence-corrected chi connectivity index (χ0v) is 23.7. The Hall–Kier alpha value is -2.59. The van der Waals surface area contributed by atoms with Crippen LogP contribution in [0.1, 0.15) is 87.4 Å². The molecule has 2 fully saturated rings. The standard InChI is InChI=1S/C33H46N2O2/c1-25(23-28-14-8-10-16-30(28)31(36)35-21-22-37-24-33(35,5)6)17-18-27-13-7-9-15-29(27)26(2)34-20-12-11-19-32(34,3)4/h7-10,13-16,25H,2,11-12,17-24H2,1,3-6H3. The maximum absolute atomic E-state index is 13.6. The molecule has 2 aliphatic heterocycles. The number of ether oxygens (including phenoxy) is 1. The Balaban J connectivity index is 1.44. The van der Waals surface area contributed by atoms with Crippen molar-refractivity contribution in [3.05, 3.63) is 77.4 Å². The van der Waals surface area contributed by atoms with Crippen LogP contribution in [0.4, 0.5) is 0 Å². The maximum atomic E-state index is 13.6. The van der Waals surface area contributed by atoms with Gasteiger partial charge in [-0.3, -0.25) is 4.79 Å². The first-order valence-electron chi connectivity index (χ1n) is 14.1. The van der Waals surface area contributed by atoms with E-state index in [0.717, 1.165) is 42.6 Å². The minimum atomic E-state index is -0.289. The van der Waals surface area contributed by atoms with Gasteiger partial charge in [0, 0.05) is 35.5 Å². The average Bonchev–Trinajstić information content (AvgIpc) is 2.87. The van der Waals surface area contributed by atoms with Gasteiger partial charge in [0.1, 0.15) is 0 Å². The molecule has 4 rings (SSSR count). The van der Waals surface area contributed by atoms with E-state index in [4.69, 9.17) is 4.74 Å². The fourth-order valence-electron chi connectivity index (χ4n) is 6.10. The van der Waals surface area contributed by atoms with Gasteiger partial charge in [-0.15, -0.1) is 0 Å². The smallest absolute Gasteiger partial charge is 0.254 e. The maximum Gasteiger partial charge on any atom is 0.254 e. The summed E-state index contributed by atoms with van der Waals surface area (Å²) in [5.41, 5.74) is 5.68. The molecule has 4 nitrogen and oxygen atoms in total. The van der Waals surface area contributed by atoms with Gasteiger partial charge in [0.15, 0.2) is 0 Å². The molecular formula is C33H46N2O2. The number of rotatable bonds is 8. The van der Waals surface area contributed by atoms with Gasteiger partial charge in [0.05, 0.1) is 18.8 Å². The Bertz CT molecular complexity index is 1100. The largest absolute Gasteiger partial charge is 0.377 e. The van der Waals surface area contributed by atoms with Crippen LogP contribution < -0.4 is 0 Å². The Morgan fingerprint density at radius 2 is 1.59 bits per heavy atom. The summed E-state index contributed by atoms with van der Waals surface area (Å²) in [6.45, 7) is 18.7. The first kappa shape index (κ1) is 27.4. The van der Waals surface area contributed by atoms with Crippen molar-refractivity contribution in [2.75, 3.05) is 26.3 Å². The molecule has 0 N–H and O–H groups in total. The third-order valence-corrected chi connectivity index (χ3v) is 8.42. The van der Waals surface area contributed by atoms with Gasteiger partial charge in [0.2, 0.25) is 0 Å². The number of morpholine rings is 1. The summed E-state index contributed by atoms with van der Waals surface area (Å²) in [5.74, 6) is 0.585. The lowest BCUT2D eigenvalue weighted by atomic mass is 9.87. The lowest BCUT2D eigenvalue weighted by Gasteiger charge is -2.45. The molecule has 1 unspecified atom stereocenters. The van der Waals surface area contributed by atoms with E-state index in [2.05, 4.69) is 82.5 Å². The van der Waals surface area contributed by atoms with Crippen molar-refractivity contribution in [3.8, 4) is 0 Å². The van der Waals surface area contributed by atoms with Crippen LogP contribution in [0.2, 0.25) is 0 Å². The van der Waals surface area contributed by atoms with Gasteiger partial charge in [-0.1, -0.05) is 56.0 Å². The number of hydrogen-bond donors (Lipinski definition) is 0. The van der Waals surface area contributed by atoms with Crippen molar-refractivity contribution in [1.82, 2.24) is 9.80 Å². The SMILES string of the molecule is C=C(c1ccccc1CCC(C)Cc1ccccc1C(=O)N1CCOCC1(C)C)N1CCCCC1(C)C. The number of benzene rings is 2. The third-order valence-electron chi connectivity index (χ3n) is 8.42. The van der Waals surface area contributed by atoms with Crippen molar-refractivity contribution in [2.24, 2.45) is 5.92 Å². The molecule has 0 radical (unpaired) electrons. The van der Waals surface area contributed by atoms with Crippen LogP contribution in [0.25, 0.3) is 5.70 Å². The zero-order valence-electron chi connectivity index (χ0n) is 23.7. The average molecular weight is 503 g/mol. The van der Waals surface area contributed by atoms with Gasteiger partial charge in [-0.25, -0.2) is 0 Å². The van der Waals surface area contributed by atoms with Gasteiger partial charge >= 0.3 is 0 Å². The summed E-state index contributed by atoms with van der Waals surface area (Å²) >= 11 is 0. The second kappa shape index (κ2) is 11.4. The number of carbonyl (C=O) groups excluding carboxylic acids is 1. The molecule has 200 valence electrons. The minimum absolute atomic E-state index is 0.127. The number of piperidine rings is 1. The fraction of sp³-hybridized carbons (Fsp3) is 0.545. The summed E-state index contributed by atoms with van der Waals surface area (Å²) in [6.07, 6.45) is 6.72. The van der Waals surface area contributed by atoms with Crippen LogP contribution in [-0.2, 0) is 17.6 Å². The molecule has 1 amide bonds. The topological polar surface area (TPSA) is 32.8 Å². The molecule has 2 aromatic rings. The van der Waals surface area contributed by atoms with Gasteiger partial charge in [0.25, 0.3) is 5.91 Å². The first-order valence-corrected chi connectivity index (χ1v) is 14.1. The normalized spacial score (nSPS) is 19.9. The Morgan fingerprint density at radius 3 is 2.30 bits per heavy atom. The lowest BCUT2D eigenvalue weighted by Crippen LogP contribution is -2.55. The molecular weight excluding hydrogens is 456 g/mol. The van der Waals surface area contributed by atoms with Crippen molar-refractivity contribution in [2.45, 2.75) is 84.2 Å². The second-order valence-electron chi connectivity index (χ2n) is 12.4. The number of aryl methyl sites for hydroxylation is 1. The highest BCUT2D eigenvalue weighted by Crippen LogP contribution is 2.35. The molecule has 0 aromatic heterocycles. The summed E-state index contributed by atoms with van der Waals surface area (Å²) in [5, 5.41) is 0. The monoisotopic (exact) mass is 502 g/mol. The van der Waals surface area contributed by atoms with Gasteiger partial charge in [-0.2, -0.15) is 0 Å². The van der Waals surface area contributed by atoms with Crippen LogP contribution >= 0.6 is 0 Å². The molecule has 0 bridgehead atoms. The molecule has 4 heteroatoms. The minimum Gasteiger partial charge on any atom is -0.377 e. The van der Waals surface area contributed by atoms with Gasteiger partial charge < -0.3 is 14.5 Å². The number of hydrogen-bond acceptors (Lipinski definition) is 3. The molecule has 2 aliphatic rings. The molecule has 1 atom stereocenters. The van der Waals surface area contributed by atoms with E-state index in [1.54, 1.807) is 0 Å². The number of carbonyl (C=O) groups is 1. The molecule has 0 spiro atoms. The molecule has 0 aliphatic carbocycles. The van der Waals surface area contributed by atoms with E-state index >= 15 is 0 Å². The van der Waals surface area contributed by atoms with E-state index in [0.29, 0.717) is 25.7 Å². The summed E-state index contributed by atoms with van der Waals surface area (Å²) < 4.78 is 5.64. The van der Waals surface area contributed by atoms with E-state index in [1.807, 2.05) is 17.0 Å². The molecule has 37 heavy (non-hydrogen) atoms. The molecule has 0 saturated carbocycles. The van der Waals surface area contributed by atoms with Crippen LogP contribution in [0.3, 0.4) is 0 Å². The number of nitrogens with zero attached hydrogens (tertiary/aromatic N) is 2. The van der Waals surface area contributed by atoms with Crippen LogP contribution in [0.15, 0.2) is 55.1 Å². The first-order chi connectivity index (χ1) is 17.6. The highest BCUT2D eigenvalue weighted by atomic mass is 16.5. The highest BCUT2D eigenvalue weighted by molar-refractivity contribution is 5.96. The van der Waals surface area contributed by atoms with E-state index in [-0.39, 0.29) is 17.0 Å². The number of likely N-dealkylation sites (tertiary alicyclic amines) is 1. The Morgan fingerprint density at radius 1 is 0.919 bits per heavy atom. The van der Waals surface area contributed by atoms with Crippen molar-refractivity contribution >= 4 is 11.6 Å². The molecule has 2 aromatic carbocycles. The predicted molar refractivity (Wildman–Crippen MR) is 154 cm³/mol. The summed E-state index contributed by atoms with van der Waals surface area (Å²) in [6, 6.07) is 17.0. The number of amides is 1. The van der Waals surface area contributed by atoms with Crippen molar-refractivity contribution in [3.63, 3.8) is 0 Å². The van der Waals surface area contributed by atoms with Crippen LogP contribution in [0, 0.1) is 5.92 Å². The van der Waals surface area contributed by atoms with Gasteiger partial charge in [-0.05, 0) is 89.3 Å². The summed E-state index contributed by atoms with van der Waals surface area (Å²) in [4.78, 5) is 18.1.